The number of hydrogen-bond donors (Lipinski definition) is 1. The minimum Gasteiger partial charge on any atom is -0.313 e. The van der Waals surface area contributed by atoms with Crippen molar-refractivity contribution >= 4 is 9.84 Å². The van der Waals surface area contributed by atoms with Gasteiger partial charge in [0, 0.05) is 19.5 Å². The average Bonchev–Trinajstić information content (AvgIpc) is 2.74. The van der Waals surface area contributed by atoms with E-state index in [1.807, 2.05) is 14.0 Å². The Bertz CT molecular complexity index is 512. The highest BCUT2D eigenvalue weighted by atomic mass is 32.2. The second-order valence-corrected chi connectivity index (χ2v) is 7.41. The zero-order valence-corrected chi connectivity index (χ0v) is 12.4. The van der Waals surface area contributed by atoms with Gasteiger partial charge in [0.1, 0.15) is 12.2 Å². The molecule has 1 aliphatic rings. The SMILES string of the molecule is CCNC(Cc1ncnn1C)C1CCCCS1(=O)=O. The second kappa shape index (κ2) is 6.00. The van der Waals surface area contributed by atoms with Crippen LogP contribution in [-0.2, 0) is 23.3 Å². The van der Waals surface area contributed by atoms with Crippen molar-refractivity contribution in [2.75, 3.05) is 12.3 Å². The molecule has 7 heteroatoms. The number of rotatable bonds is 5. The van der Waals surface area contributed by atoms with Crippen molar-refractivity contribution < 1.29 is 8.42 Å². The van der Waals surface area contributed by atoms with Crippen LogP contribution in [0.5, 0.6) is 0 Å². The quantitative estimate of drug-likeness (QED) is 0.842. The van der Waals surface area contributed by atoms with Gasteiger partial charge in [-0.1, -0.05) is 13.3 Å². The number of hydrogen-bond acceptors (Lipinski definition) is 5. The average molecular weight is 286 g/mol. The molecule has 1 aromatic rings. The van der Waals surface area contributed by atoms with E-state index in [1.165, 1.54) is 6.33 Å². The van der Waals surface area contributed by atoms with E-state index < -0.39 is 9.84 Å². The Morgan fingerprint density at radius 1 is 1.53 bits per heavy atom. The third-order valence-electron chi connectivity index (χ3n) is 3.75. The van der Waals surface area contributed by atoms with Gasteiger partial charge in [0.25, 0.3) is 0 Å². The number of likely N-dealkylation sites (N-methyl/N-ethyl adjacent to an activating group) is 1. The summed E-state index contributed by atoms with van der Waals surface area (Å²) in [5.74, 6) is 1.14. The van der Waals surface area contributed by atoms with Crippen molar-refractivity contribution in [3.05, 3.63) is 12.2 Å². The normalized spacial score (nSPS) is 24.2. The van der Waals surface area contributed by atoms with Crippen LogP contribution >= 0.6 is 0 Å². The molecule has 0 aliphatic carbocycles. The van der Waals surface area contributed by atoms with Crippen LogP contribution in [0.1, 0.15) is 32.0 Å². The maximum atomic E-state index is 12.2. The molecule has 1 N–H and O–H groups in total. The summed E-state index contributed by atoms with van der Waals surface area (Å²) in [6.07, 6.45) is 4.64. The van der Waals surface area contributed by atoms with Crippen molar-refractivity contribution in [3.63, 3.8) is 0 Å². The fourth-order valence-corrected chi connectivity index (χ4v) is 4.86. The lowest BCUT2D eigenvalue weighted by molar-refractivity contribution is 0.431. The predicted molar refractivity (Wildman–Crippen MR) is 73.6 cm³/mol. The maximum Gasteiger partial charge on any atom is 0.154 e. The van der Waals surface area contributed by atoms with E-state index in [0.717, 1.165) is 31.6 Å². The first kappa shape index (κ1) is 14.5. The van der Waals surface area contributed by atoms with Crippen molar-refractivity contribution in [3.8, 4) is 0 Å². The van der Waals surface area contributed by atoms with Crippen LogP contribution in [0.15, 0.2) is 6.33 Å². The molecule has 108 valence electrons. The molecule has 1 fully saturated rings. The summed E-state index contributed by atoms with van der Waals surface area (Å²) in [7, 11) is -1.15. The van der Waals surface area contributed by atoms with Gasteiger partial charge in [-0.25, -0.2) is 13.4 Å². The zero-order chi connectivity index (χ0) is 13.9. The lowest BCUT2D eigenvalue weighted by Gasteiger charge is -2.30. The summed E-state index contributed by atoms with van der Waals surface area (Å²) in [6.45, 7) is 2.76. The minimum absolute atomic E-state index is 0.0711. The first-order valence-corrected chi connectivity index (χ1v) is 8.54. The van der Waals surface area contributed by atoms with Crippen LogP contribution < -0.4 is 5.32 Å². The highest BCUT2D eigenvalue weighted by Gasteiger charge is 2.35. The summed E-state index contributed by atoms with van der Waals surface area (Å²) in [5, 5.41) is 7.06. The van der Waals surface area contributed by atoms with Crippen LogP contribution in [0.3, 0.4) is 0 Å². The number of aromatic nitrogens is 3. The molecule has 6 nitrogen and oxygen atoms in total. The van der Waals surface area contributed by atoms with E-state index in [9.17, 15) is 8.42 Å². The Hall–Kier alpha value is -0.950. The Kier molecular flexibility index (Phi) is 4.57. The van der Waals surface area contributed by atoms with E-state index in [2.05, 4.69) is 15.4 Å². The molecular weight excluding hydrogens is 264 g/mol. The van der Waals surface area contributed by atoms with Gasteiger partial charge in [-0.05, 0) is 19.4 Å². The lowest BCUT2D eigenvalue weighted by Crippen LogP contribution is -2.48. The molecule has 0 spiro atoms. The third kappa shape index (κ3) is 3.33. The molecule has 2 rings (SSSR count). The van der Waals surface area contributed by atoms with Crippen LogP contribution in [-0.4, -0.2) is 46.8 Å². The Morgan fingerprint density at radius 2 is 2.32 bits per heavy atom. The van der Waals surface area contributed by atoms with Crippen molar-refractivity contribution in [1.82, 2.24) is 20.1 Å². The first-order chi connectivity index (χ1) is 9.04. The summed E-state index contributed by atoms with van der Waals surface area (Å²) in [6, 6.07) is -0.0711. The van der Waals surface area contributed by atoms with Gasteiger partial charge in [0.2, 0.25) is 0 Å². The highest BCUT2D eigenvalue weighted by Crippen LogP contribution is 2.23. The summed E-state index contributed by atoms with van der Waals surface area (Å²) in [5.41, 5.74) is 0. The standard InChI is InChI=1S/C12H22N4O2S/c1-3-13-10(8-12-14-9-15-16(12)2)11-6-4-5-7-19(11,17)18/h9-11,13H,3-8H2,1-2H3. The maximum absolute atomic E-state index is 12.2. The van der Waals surface area contributed by atoms with E-state index in [4.69, 9.17) is 0 Å². The van der Waals surface area contributed by atoms with Crippen LogP contribution in [0.4, 0.5) is 0 Å². The summed E-state index contributed by atoms with van der Waals surface area (Å²) >= 11 is 0. The highest BCUT2D eigenvalue weighted by molar-refractivity contribution is 7.92. The first-order valence-electron chi connectivity index (χ1n) is 6.82. The monoisotopic (exact) mass is 286 g/mol. The van der Waals surface area contributed by atoms with Gasteiger partial charge in [0.05, 0.1) is 11.0 Å². The predicted octanol–water partition coefficient (Wildman–Crippen LogP) is 0.303. The number of nitrogens with one attached hydrogen (secondary N) is 1. The topological polar surface area (TPSA) is 76.9 Å². The molecule has 1 aliphatic heterocycles. The molecule has 2 unspecified atom stereocenters. The van der Waals surface area contributed by atoms with E-state index in [-0.39, 0.29) is 11.3 Å². The fraction of sp³-hybridized carbons (Fsp3) is 0.833. The van der Waals surface area contributed by atoms with Crippen LogP contribution in [0.25, 0.3) is 0 Å². The molecule has 1 aromatic heterocycles. The second-order valence-electron chi connectivity index (χ2n) is 5.07. The van der Waals surface area contributed by atoms with E-state index in [0.29, 0.717) is 12.2 Å². The summed E-state index contributed by atoms with van der Waals surface area (Å²) in [4.78, 5) is 4.20. The molecule has 0 bridgehead atoms. The van der Waals surface area contributed by atoms with Crippen molar-refractivity contribution in [1.29, 1.82) is 0 Å². The Balaban J connectivity index is 2.17. The van der Waals surface area contributed by atoms with Gasteiger partial charge < -0.3 is 5.32 Å². The summed E-state index contributed by atoms with van der Waals surface area (Å²) < 4.78 is 26.2. The molecule has 2 atom stereocenters. The van der Waals surface area contributed by atoms with Gasteiger partial charge in [-0.15, -0.1) is 0 Å². The molecule has 0 saturated carbocycles. The van der Waals surface area contributed by atoms with Gasteiger partial charge in [0.15, 0.2) is 9.84 Å². The van der Waals surface area contributed by atoms with Gasteiger partial charge >= 0.3 is 0 Å². The van der Waals surface area contributed by atoms with Crippen LogP contribution in [0, 0.1) is 0 Å². The van der Waals surface area contributed by atoms with Crippen molar-refractivity contribution in [2.24, 2.45) is 7.05 Å². The number of nitrogens with zero attached hydrogens (tertiary/aromatic N) is 3. The van der Waals surface area contributed by atoms with E-state index in [1.54, 1.807) is 4.68 Å². The molecular formula is C12H22N4O2S. The molecule has 19 heavy (non-hydrogen) atoms. The molecule has 2 heterocycles. The molecule has 0 amide bonds. The number of aryl methyl sites for hydroxylation is 1. The minimum atomic E-state index is -2.98. The Morgan fingerprint density at radius 3 is 2.89 bits per heavy atom. The van der Waals surface area contributed by atoms with E-state index >= 15 is 0 Å². The molecule has 0 aromatic carbocycles. The smallest absolute Gasteiger partial charge is 0.154 e. The Labute approximate surface area is 114 Å². The lowest BCUT2D eigenvalue weighted by atomic mass is 10.0. The molecule has 0 radical (unpaired) electrons. The van der Waals surface area contributed by atoms with Gasteiger partial charge in [-0.2, -0.15) is 5.10 Å². The third-order valence-corrected chi connectivity index (χ3v) is 6.10. The van der Waals surface area contributed by atoms with Crippen molar-refractivity contribution in [2.45, 2.75) is 43.9 Å². The van der Waals surface area contributed by atoms with Crippen LogP contribution in [0.2, 0.25) is 0 Å². The van der Waals surface area contributed by atoms with Gasteiger partial charge in [-0.3, -0.25) is 4.68 Å². The fourth-order valence-electron chi connectivity index (χ4n) is 2.73. The number of sulfone groups is 1. The molecule has 1 saturated heterocycles. The zero-order valence-electron chi connectivity index (χ0n) is 11.5. The largest absolute Gasteiger partial charge is 0.313 e.